The second kappa shape index (κ2) is 7.92. The van der Waals surface area contributed by atoms with Crippen molar-refractivity contribution in [2.75, 3.05) is 31.6 Å². The molecule has 4 nitrogen and oxygen atoms in total. The predicted molar refractivity (Wildman–Crippen MR) is 99.1 cm³/mol. The highest BCUT2D eigenvalue weighted by Crippen LogP contribution is 2.23. The summed E-state index contributed by atoms with van der Waals surface area (Å²) >= 11 is 3.45. The van der Waals surface area contributed by atoms with E-state index in [1.54, 1.807) is 0 Å². The van der Waals surface area contributed by atoms with Crippen LogP contribution in [0.25, 0.3) is 0 Å². The first-order valence-corrected chi connectivity index (χ1v) is 8.85. The van der Waals surface area contributed by atoms with Crippen molar-refractivity contribution in [3.8, 4) is 0 Å². The molecule has 0 saturated carbocycles. The van der Waals surface area contributed by atoms with Gasteiger partial charge in [0.15, 0.2) is 0 Å². The number of amides is 1. The zero-order chi connectivity index (χ0) is 16.9. The van der Waals surface area contributed by atoms with Gasteiger partial charge in [-0.2, -0.15) is 0 Å². The summed E-state index contributed by atoms with van der Waals surface area (Å²) in [4.78, 5) is 14.4. The summed E-state index contributed by atoms with van der Waals surface area (Å²) in [6.07, 6.45) is 0.0130. The fraction of sp³-hybridized carbons (Fsp3) is 0.316. The van der Waals surface area contributed by atoms with Crippen molar-refractivity contribution in [2.45, 2.75) is 13.0 Å². The summed E-state index contributed by atoms with van der Waals surface area (Å²) in [6, 6.07) is 16.0. The fourth-order valence-corrected chi connectivity index (χ4v) is 3.03. The Bertz CT molecular complexity index is 686. The molecule has 3 rings (SSSR count). The average Bonchev–Trinajstić information content (AvgIpc) is 2.58. The molecule has 1 amide bonds. The van der Waals surface area contributed by atoms with E-state index in [0.29, 0.717) is 13.2 Å². The number of hydrogen-bond donors (Lipinski definition) is 1. The third-order valence-electron chi connectivity index (χ3n) is 4.09. The zero-order valence-electron chi connectivity index (χ0n) is 13.7. The van der Waals surface area contributed by atoms with Gasteiger partial charge in [-0.15, -0.1) is 0 Å². The number of halogens is 1. The number of nitrogens with zero attached hydrogens (tertiary/aromatic N) is 1. The van der Waals surface area contributed by atoms with Gasteiger partial charge in [0.25, 0.3) is 0 Å². The van der Waals surface area contributed by atoms with Crippen molar-refractivity contribution >= 4 is 27.5 Å². The largest absolute Gasteiger partial charge is 0.371 e. The van der Waals surface area contributed by atoms with Gasteiger partial charge < -0.3 is 10.1 Å². The number of carbonyl (C=O) groups is 1. The Labute approximate surface area is 150 Å². The molecule has 1 fully saturated rings. The molecular formula is C19H21BrN2O2. The highest BCUT2D eigenvalue weighted by atomic mass is 79.9. The molecule has 1 unspecified atom stereocenters. The molecule has 5 heteroatoms. The molecule has 126 valence electrons. The monoisotopic (exact) mass is 388 g/mol. The van der Waals surface area contributed by atoms with Crippen molar-refractivity contribution in [3.63, 3.8) is 0 Å². The van der Waals surface area contributed by atoms with Crippen LogP contribution in [-0.4, -0.2) is 37.0 Å². The van der Waals surface area contributed by atoms with Crippen LogP contribution in [0.2, 0.25) is 0 Å². The Hall–Kier alpha value is -1.69. The summed E-state index contributed by atoms with van der Waals surface area (Å²) in [6.45, 7) is 4.54. The van der Waals surface area contributed by atoms with Crippen LogP contribution >= 0.6 is 15.9 Å². The van der Waals surface area contributed by atoms with Crippen LogP contribution in [-0.2, 0) is 9.53 Å². The number of ether oxygens (including phenoxy) is 1. The molecule has 1 atom stereocenters. The Morgan fingerprint density at radius 1 is 1.21 bits per heavy atom. The maximum absolute atomic E-state index is 12.3. The van der Waals surface area contributed by atoms with E-state index in [0.717, 1.165) is 28.8 Å². The number of hydrogen-bond acceptors (Lipinski definition) is 3. The molecule has 0 aromatic heterocycles. The minimum absolute atomic E-state index is 0.00955. The molecule has 1 N–H and O–H groups in total. The fourth-order valence-electron chi connectivity index (χ4n) is 2.77. The SMILES string of the molecule is Cc1ccc(NC(=O)CN2CCOC(c3ccc(Br)cc3)C2)cc1. The lowest BCUT2D eigenvalue weighted by molar-refractivity contribution is -0.119. The van der Waals surface area contributed by atoms with Gasteiger partial charge in [0.05, 0.1) is 19.3 Å². The Balaban J connectivity index is 1.55. The van der Waals surface area contributed by atoms with Gasteiger partial charge in [-0.3, -0.25) is 9.69 Å². The van der Waals surface area contributed by atoms with Gasteiger partial charge in [0.1, 0.15) is 0 Å². The van der Waals surface area contributed by atoms with Crippen LogP contribution in [0, 0.1) is 6.92 Å². The lowest BCUT2D eigenvalue weighted by Gasteiger charge is -2.32. The Kier molecular flexibility index (Phi) is 5.66. The van der Waals surface area contributed by atoms with Crippen molar-refractivity contribution in [1.82, 2.24) is 4.90 Å². The number of rotatable bonds is 4. The summed E-state index contributed by atoms with van der Waals surface area (Å²) in [5.41, 5.74) is 3.16. The molecule has 0 radical (unpaired) electrons. The molecule has 0 aliphatic carbocycles. The molecular weight excluding hydrogens is 368 g/mol. The molecule has 1 saturated heterocycles. The van der Waals surface area contributed by atoms with E-state index in [9.17, 15) is 4.79 Å². The zero-order valence-corrected chi connectivity index (χ0v) is 15.3. The number of nitrogens with one attached hydrogen (secondary N) is 1. The predicted octanol–water partition coefficient (Wildman–Crippen LogP) is 3.77. The molecule has 1 aliphatic heterocycles. The van der Waals surface area contributed by atoms with Gasteiger partial charge in [-0.05, 0) is 36.8 Å². The topological polar surface area (TPSA) is 41.6 Å². The lowest BCUT2D eigenvalue weighted by Crippen LogP contribution is -2.42. The van der Waals surface area contributed by atoms with Crippen LogP contribution < -0.4 is 5.32 Å². The summed E-state index contributed by atoms with van der Waals surface area (Å²) in [5, 5.41) is 2.95. The molecule has 2 aromatic carbocycles. The van der Waals surface area contributed by atoms with E-state index in [-0.39, 0.29) is 12.0 Å². The third-order valence-corrected chi connectivity index (χ3v) is 4.62. The van der Waals surface area contributed by atoms with E-state index < -0.39 is 0 Å². The minimum Gasteiger partial charge on any atom is -0.371 e. The Morgan fingerprint density at radius 3 is 2.62 bits per heavy atom. The first kappa shape index (κ1) is 17.1. The van der Waals surface area contributed by atoms with Gasteiger partial charge in [-0.25, -0.2) is 0 Å². The number of aryl methyl sites for hydroxylation is 1. The minimum atomic E-state index is 0.00955. The highest BCUT2D eigenvalue weighted by Gasteiger charge is 2.23. The van der Waals surface area contributed by atoms with Crippen LogP contribution in [0.15, 0.2) is 53.0 Å². The number of benzene rings is 2. The maximum Gasteiger partial charge on any atom is 0.238 e. The maximum atomic E-state index is 12.3. The molecule has 0 spiro atoms. The van der Waals surface area contributed by atoms with Gasteiger partial charge in [0.2, 0.25) is 5.91 Å². The molecule has 0 bridgehead atoms. The van der Waals surface area contributed by atoms with E-state index in [1.807, 2.05) is 43.3 Å². The second-order valence-corrected chi connectivity index (χ2v) is 6.98. The third kappa shape index (κ3) is 4.66. The molecule has 24 heavy (non-hydrogen) atoms. The van der Waals surface area contributed by atoms with Gasteiger partial charge >= 0.3 is 0 Å². The highest BCUT2D eigenvalue weighted by molar-refractivity contribution is 9.10. The van der Waals surface area contributed by atoms with Crippen molar-refractivity contribution in [1.29, 1.82) is 0 Å². The van der Waals surface area contributed by atoms with Crippen LogP contribution in [0.4, 0.5) is 5.69 Å². The van der Waals surface area contributed by atoms with Crippen molar-refractivity contribution in [3.05, 3.63) is 64.1 Å². The summed E-state index contributed by atoms with van der Waals surface area (Å²) in [7, 11) is 0. The van der Waals surface area contributed by atoms with E-state index >= 15 is 0 Å². The summed E-state index contributed by atoms with van der Waals surface area (Å²) < 4.78 is 6.91. The standard InChI is InChI=1S/C19H21BrN2O2/c1-14-2-8-17(9-3-14)21-19(23)13-22-10-11-24-18(12-22)15-4-6-16(20)7-5-15/h2-9,18H,10-13H2,1H3,(H,21,23). The molecule has 1 heterocycles. The van der Waals surface area contributed by atoms with Gasteiger partial charge in [-0.1, -0.05) is 45.8 Å². The average molecular weight is 389 g/mol. The van der Waals surface area contributed by atoms with Crippen LogP contribution in [0.1, 0.15) is 17.2 Å². The summed E-state index contributed by atoms with van der Waals surface area (Å²) in [5.74, 6) is 0.00955. The van der Waals surface area contributed by atoms with Crippen molar-refractivity contribution < 1.29 is 9.53 Å². The quantitative estimate of drug-likeness (QED) is 0.866. The first-order chi connectivity index (χ1) is 11.6. The smallest absolute Gasteiger partial charge is 0.238 e. The lowest BCUT2D eigenvalue weighted by atomic mass is 10.1. The number of anilines is 1. The van der Waals surface area contributed by atoms with Gasteiger partial charge in [0, 0.05) is 23.2 Å². The molecule has 1 aliphatic rings. The van der Waals surface area contributed by atoms with E-state index in [4.69, 9.17) is 4.74 Å². The van der Waals surface area contributed by atoms with Crippen LogP contribution in [0.3, 0.4) is 0 Å². The van der Waals surface area contributed by atoms with E-state index in [1.165, 1.54) is 5.56 Å². The second-order valence-electron chi connectivity index (χ2n) is 6.06. The number of carbonyl (C=O) groups excluding carboxylic acids is 1. The van der Waals surface area contributed by atoms with E-state index in [2.05, 4.69) is 38.3 Å². The molecule has 2 aromatic rings. The van der Waals surface area contributed by atoms with Crippen LogP contribution in [0.5, 0.6) is 0 Å². The normalized spacial score (nSPS) is 18.3. The van der Waals surface area contributed by atoms with Crippen molar-refractivity contribution in [2.24, 2.45) is 0 Å². The number of morpholine rings is 1. The Morgan fingerprint density at radius 2 is 1.92 bits per heavy atom. The first-order valence-electron chi connectivity index (χ1n) is 8.06.